The zero-order chi connectivity index (χ0) is 29.7. The Bertz CT molecular complexity index is 1220. The van der Waals surface area contributed by atoms with Gasteiger partial charge < -0.3 is 25.0 Å². The molecule has 2 aliphatic rings. The van der Waals surface area contributed by atoms with Crippen LogP contribution in [0.4, 0.5) is 15.0 Å². The summed E-state index contributed by atoms with van der Waals surface area (Å²) in [6.45, 7) is 14.6. The van der Waals surface area contributed by atoms with Gasteiger partial charge in [0.1, 0.15) is 17.9 Å². The molecule has 11 nitrogen and oxygen atoms in total. The Balaban J connectivity index is 1.45. The average Bonchev–Trinajstić information content (AvgIpc) is 3.35. The third-order valence-corrected chi connectivity index (χ3v) is 8.18. The highest BCUT2D eigenvalue weighted by molar-refractivity contribution is 5.97. The third-order valence-electron chi connectivity index (χ3n) is 8.18. The number of carbonyl (C=O) groups excluding carboxylic acids is 1. The van der Waals surface area contributed by atoms with Crippen LogP contribution in [0, 0.1) is 17.2 Å². The first-order valence-electron chi connectivity index (χ1n) is 14.5. The summed E-state index contributed by atoms with van der Waals surface area (Å²) in [7, 11) is 0. The number of aromatic nitrogens is 3. The molecule has 1 aromatic heterocycles. The molecule has 2 N–H and O–H groups in total. The minimum Gasteiger partial charge on any atom is -0.465 e. The van der Waals surface area contributed by atoms with Gasteiger partial charge in [0.25, 0.3) is 11.8 Å². The highest BCUT2D eigenvalue weighted by Gasteiger charge is 2.50. The van der Waals surface area contributed by atoms with E-state index >= 15 is 0 Å². The van der Waals surface area contributed by atoms with E-state index in [4.69, 9.17) is 9.84 Å². The number of likely N-dealkylation sites (tertiary alicyclic amines) is 1. The second kappa shape index (κ2) is 13.0. The number of benzene rings is 1. The lowest BCUT2D eigenvalue weighted by molar-refractivity contribution is -0.0338. The first-order valence-corrected chi connectivity index (χ1v) is 14.5. The first kappa shape index (κ1) is 30.4. The van der Waals surface area contributed by atoms with Crippen molar-refractivity contribution >= 4 is 17.8 Å². The molecule has 1 atom stereocenters. The van der Waals surface area contributed by atoms with E-state index in [0.717, 1.165) is 45.4 Å². The lowest BCUT2D eigenvalue weighted by Gasteiger charge is -2.53. The maximum Gasteiger partial charge on any atom is 0.404 e. The van der Waals surface area contributed by atoms with Crippen molar-refractivity contribution in [2.45, 2.75) is 66.0 Å². The van der Waals surface area contributed by atoms with Crippen LogP contribution in [-0.4, -0.2) is 93.4 Å². The predicted molar refractivity (Wildman–Crippen MR) is 153 cm³/mol. The van der Waals surface area contributed by atoms with Crippen LogP contribution in [-0.2, 0) is 0 Å². The Kier molecular flexibility index (Phi) is 9.62. The van der Waals surface area contributed by atoms with Crippen molar-refractivity contribution < 1.29 is 23.8 Å². The molecule has 2 fully saturated rings. The van der Waals surface area contributed by atoms with Gasteiger partial charge in [-0.2, -0.15) is 0 Å². The van der Waals surface area contributed by atoms with Crippen molar-refractivity contribution in [3.63, 3.8) is 0 Å². The number of carboxylic acid groups (broad SMARTS) is 1. The molecule has 3 heterocycles. The number of amides is 2. The molecule has 224 valence electrons. The van der Waals surface area contributed by atoms with Gasteiger partial charge in [0.05, 0.1) is 5.56 Å². The molecule has 4 rings (SSSR count). The van der Waals surface area contributed by atoms with E-state index in [-0.39, 0.29) is 34.6 Å². The van der Waals surface area contributed by atoms with Crippen LogP contribution in [0.15, 0.2) is 24.5 Å². The summed E-state index contributed by atoms with van der Waals surface area (Å²) < 4.78 is 20.4. The minimum atomic E-state index is -0.983. The van der Waals surface area contributed by atoms with Crippen molar-refractivity contribution in [1.82, 2.24) is 30.3 Å². The highest BCUT2D eigenvalue weighted by atomic mass is 19.1. The molecule has 1 aromatic carbocycles. The molecule has 2 aliphatic heterocycles. The van der Waals surface area contributed by atoms with Crippen LogP contribution in [0.25, 0.3) is 0 Å². The molecule has 0 aliphatic carbocycles. The maximum atomic E-state index is 14.2. The second-order valence-corrected chi connectivity index (χ2v) is 11.8. The van der Waals surface area contributed by atoms with E-state index in [1.807, 2.05) is 20.8 Å². The summed E-state index contributed by atoms with van der Waals surface area (Å²) >= 11 is 0. The standard InChI is InChI=1S/C29H42FN7O4/c1-6-37(20(4)5)27(38)22-14-21(30)9-10-24(22)41-26-25(32-18-33-34-26)35-13-11-29(15-35)16-36(17-29)23(19(2)3)8-7-12-31-28(39)40/h9-10,14,18-20,23,31H,6-8,11-13,15-17H2,1-5H3,(H,39,40)/t23-/m1/s1. The average molecular weight is 572 g/mol. The zero-order valence-corrected chi connectivity index (χ0v) is 24.6. The SMILES string of the molecule is CCN(C(=O)c1cc(F)ccc1Oc1nncnc1N1CCC2(C1)CN([C@H](CCCNC(=O)O)C(C)C)C2)C(C)C. The Morgan fingerprint density at radius 3 is 2.63 bits per heavy atom. The molecule has 2 amide bonds. The number of nitrogens with one attached hydrogen (secondary N) is 1. The molecular formula is C29H42FN7O4. The number of rotatable bonds is 12. The Morgan fingerprint density at radius 2 is 1.98 bits per heavy atom. The van der Waals surface area contributed by atoms with E-state index in [9.17, 15) is 14.0 Å². The number of ether oxygens (including phenoxy) is 1. The van der Waals surface area contributed by atoms with Crippen LogP contribution < -0.4 is 15.0 Å². The van der Waals surface area contributed by atoms with Crippen molar-refractivity contribution in [1.29, 1.82) is 0 Å². The van der Waals surface area contributed by atoms with Gasteiger partial charge in [0.15, 0.2) is 5.82 Å². The molecule has 12 heteroatoms. The molecule has 0 radical (unpaired) electrons. The molecule has 2 saturated heterocycles. The van der Waals surface area contributed by atoms with Gasteiger partial charge in [-0.25, -0.2) is 14.2 Å². The van der Waals surface area contributed by atoms with E-state index in [0.29, 0.717) is 30.9 Å². The number of halogens is 1. The second-order valence-electron chi connectivity index (χ2n) is 11.8. The van der Waals surface area contributed by atoms with Gasteiger partial charge >= 0.3 is 6.09 Å². The van der Waals surface area contributed by atoms with Crippen molar-refractivity contribution in [2.24, 2.45) is 11.3 Å². The van der Waals surface area contributed by atoms with Crippen molar-refractivity contribution in [2.75, 3.05) is 44.2 Å². The summed E-state index contributed by atoms with van der Waals surface area (Å²) in [5.74, 6) is 0.567. The smallest absolute Gasteiger partial charge is 0.404 e. The lowest BCUT2D eigenvalue weighted by Crippen LogP contribution is -2.62. The van der Waals surface area contributed by atoms with Gasteiger partial charge in [-0.1, -0.05) is 13.8 Å². The Labute approximate surface area is 241 Å². The fraction of sp³-hybridized carbons (Fsp3) is 0.621. The topological polar surface area (TPSA) is 124 Å². The molecule has 2 aromatic rings. The summed E-state index contributed by atoms with van der Waals surface area (Å²) in [6, 6.07) is 4.24. The fourth-order valence-corrected chi connectivity index (χ4v) is 6.17. The van der Waals surface area contributed by atoms with Crippen LogP contribution in [0.2, 0.25) is 0 Å². The van der Waals surface area contributed by atoms with Crippen LogP contribution in [0.1, 0.15) is 64.2 Å². The van der Waals surface area contributed by atoms with Crippen LogP contribution in [0.5, 0.6) is 11.6 Å². The van der Waals surface area contributed by atoms with E-state index in [1.54, 1.807) is 4.90 Å². The summed E-state index contributed by atoms with van der Waals surface area (Å²) in [5, 5.41) is 19.4. The largest absolute Gasteiger partial charge is 0.465 e. The Hall–Kier alpha value is -3.54. The molecule has 0 saturated carbocycles. The number of anilines is 1. The van der Waals surface area contributed by atoms with Gasteiger partial charge in [-0.05, 0) is 64.2 Å². The monoisotopic (exact) mass is 571 g/mol. The molecule has 0 bridgehead atoms. The van der Waals surface area contributed by atoms with Crippen LogP contribution in [0.3, 0.4) is 0 Å². The first-order chi connectivity index (χ1) is 19.5. The normalized spacial score (nSPS) is 17.1. The van der Waals surface area contributed by atoms with Crippen molar-refractivity contribution in [3.8, 4) is 11.6 Å². The third kappa shape index (κ3) is 7.03. The number of nitrogens with zero attached hydrogens (tertiary/aromatic N) is 6. The van der Waals surface area contributed by atoms with E-state index in [2.05, 4.69) is 44.1 Å². The van der Waals surface area contributed by atoms with Crippen LogP contribution >= 0.6 is 0 Å². The van der Waals surface area contributed by atoms with Gasteiger partial charge in [-0.3, -0.25) is 9.69 Å². The molecule has 0 unspecified atom stereocenters. The summed E-state index contributed by atoms with van der Waals surface area (Å²) in [4.78, 5) is 34.8. The maximum absolute atomic E-state index is 14.2. The minimum absolute atomic E-state index is 0.0584. The van der Waals surface area contributed by atoms with E-state index in [1.165, 1.54) is 24.5 Å². The number of hydrogen-bond donors (Lipinski definition) is 2. The summed E-state index contributed by atoms with van der Waals surface area (Å²) in [6.07, 6.45) is 3.14. The fourth-order valence-electron chi connectivity index (χ4n) is 6.17. The predicted octanol–water partition coefficient (Wildman–Crippen LogP) is 4.26. The molecule has 41 heavy (non-hydrogen) atoms. The van der Waals surface area contributed by atoms with Gasteiger partial charge in [0, 0.05) is 56.8 Å². The van der Waals surface area contributed by atoms with Crippen molar-refractivity contribution in [3.05, 3.63) is 35.9 Å². The molecular weight excluding hydrogens is 529 g/mol. The quantitative estimate of drug-likeness (QED) is 0.360. The summed E-state index contributed by atoms with van der Waals surface area (Å²) in [5.41, 5.74) is 0.257. The lowest BCUT2D eigenvalue weighted by atomic mass is 9.76. The Morgan fingerprint density at radius 1 is 1.22 bits per heavy atom. The van der Waals surface area contributed by atoms with Gasteiger partial charge in [-0.15, -0.1) is 10.2 Å². The highest BCUT2D eigenvalue weighted by Crippen LogP contribution is 2.44. The number of hydrogen-bond acceptors (Lipinski definition) is 8. The van der Waals surface area contributed by atoms with E-state index < -0.39 is 11.9 Å². The molecule has 1 spiro atoms. The van der Waals surface area contributed by atoms with Gasteiger partial charge in [0.2, 0.25) is 0 Å². The zero-order valence-electron chi connectivity index (χ0n) is 24.6. The number of carbonyl (C=O) groups is 2.